The number of aromatic nitrogens is 1. The monoisotopic (exact) mass is 285 g/mol. The van der Waals surface area contributed by atoms with Gasteiger partial charge in [0.05, 0.1) is 18.3 Å². The van der Waals surface area contributed by atoms with Gasteiger partial charge in [0.15, 0.2) is 0 Å². The number of nitrogens with zero attached hydrogens (tertiary/aromatic N) is 2. The van der Waals surface area contributed by atoms with Crippen LogP contribution in [0.3, 0.4) is 0 Å². The summed E-state index contributed by atoms with van der Waals surface area (Å²) in [4.78, 5) is 8.65. The van der Waals surface area contributed by atoms with E-state index >= 15 is 0 Å². The summed E-state index contributed by atoms with van der Waals surface area (Å²) < 4.78 is 0. The maximum absolute atomic E-state index is 6.29. The van der Waals surface area contributed by atoms with E-state index in [1.54, 1.807) is 0 Å². The molecule has 0 saturated heterocycles. The fourth-order valence-corrected chi connectivity index (χ4v) is 4.10. The second kappa shape index (κ2) is 4.86. The number of thiazole rings is 1. The summed E-state index contributed by atoms with van der Waals surface area (Å²) in [6.45, 7) is 2.03. The van der Waals surface area contributed by atoms with Gasteiger partial charge in [0.1, 0.15) is 5.01 Å². The Morgan fingerprint density at radius 2 is 2.05 bits per heavy atom. The van der Waals surface area contributed by atoms with Gasteiger partial charge in [0, 0.05) is 23.5 Å². The molecule has 20 heavy (non-hydrogen) atoms. The standard InChI is InChI=1S/C16H19N3S/c17-15(11-6-7-11)16-18-13-8-9-19(10-14(13)20-16)12-4-2-1-3-5-12/h1-5,11,15H,6-10,17H2. The van der Waals surface area contributed by atoms with Crippen molar-refractivity contribution in [2.75, 3.05) is 11.4 Å². The quantitative estimate of drug-likeness (QED) is 0.942. The van der Waals surface area contributed by atoms with Crippen LogP contribution < -0.4 is 10.6 Å². The number of hydrogen-bond acceptors (Lipinski definition) is 4. The predicted molar refractivity (Wildman–Crippen MR) is 83.0 cm³/mol. The molecule has 0 bridgehead atoms. The lowest BCUT2D eigenvalue weighted by Crippen LogP contribution is -2.29. The average Bonchev–Trinajstić information content (AvgIpc) is 3.25. The Bertz CT molecular complexity index is 603. The highest BCUT2D eigenvalue weighted by atomic mass is 32.1. The lowest BCUT2D eigenvalue weighted by Gasteiger charge is -2.28. The molecule has 0 amide bonds. The van der Waals surface area contributed by atoms with E-state index in [-0.39, 0.29) is 6.04 Å². The molecule has 2 aromatic rings. The van der Waals surface area contributed by atoms with Crippen LogP contribution in [-0.4, -0.2) is 11.5 Å². The second-order valence-electron chi connectivity index (χ2n) is 5.79. The molecule has 4 heteroatoms. The SMILES string of the molecule is NC(c1nc2c(s1)CN(c1ccccc1)CC2)C1CC1. The van der Waals surface area contributed by atoms with E-state index in [0.717, 1.165) is 24.5 Å². The van der Waals surface area contributed by atoms with Crippen LogP contribution in [0.2, 0.25) is 0 Å². The third-order valence-electron chi connectivity index (χ3n) is 4.28. The lowest BCUT2D eigenvalue weighted by atomic mass is 10.1. The van der Waals surface area contributed by atoms with Crippen molar-refractivity contribution in [1.82, 2.24) is 4.98 Å². The molecule has 0 spiro atoms. The Balaban J connectivity index is 1.56. The van der Waals surface area contributed by atoms with E-state index in [1.165, 1.54) is 29.1 Å². The van der Waals surface area contributed by atoms with E-state index in [0.29, 0.717) is 5.92 Å². The van der Waals surface area contributed by atoms with Crippen molar-refractivity contribution in [3.05, 3.63) is 45.9 Å². The topological polar surface area (TPSA) is 42.1 Å². The first-order valence-electron chi connectivity index (χ1n) is 7.35. The fraction of sp³-hybridized carbons (Fsp3) is 0.438. The Morgan fingerprint density at radius 1 is 1.25 bits per heavy atom. The minimum atomic E-state index is 0.177. The number of rotatable bonds is 3. The van der Waals surface area contributed by atoms with Crippen molar-refractivity contribution in [3.8, 4) is 0 Å². The largest absolute Gasteiger partial charge is 0.366 e. The van der Waals surface area contributed by atoms with Gasteiger partial charge in [-0.2, -0.15) is 0 Å². The molecule has 3 nitrogen and oxygen atoms in total. The van der Waals surface area contributed by atoms with E-state index in [4.69, 9.17) is 10.7 Å². The van der Waals surface area contributed by atoms with Gasteiger partial charge in [-0.05, 0) is 30.9 Å². The first kappa shape index (κ1) is 12.4. The van der Waals surface area contributed by atoms with E-state index in [2.05, 4.69) is 35.2 Å². The number of anilines is 1. The zero-order valence-corrected chi connectivity index (χ0v) is 12.3. The summed E-state index contributed by atoms with van der Waals surface area (Å²) >= 11 is 1.83. The fourth-order valence-electron chi connectivity index (χ4n) is 2.87. The van der Waals surface area contributed by atoms with Gasteiger partial charge in [-0.3, -0.25) is 0 Å². The highest BCUT2D eigenvalue weighted by molar-refractivity contribution is 7.11. The van der Waals surface area contributed by atoms with Gasteiger partial charge in [-0.25, -0.2) is 4.98 Å². The summed E-state index contributed by atoms with van der Waals surface area (Å²) in [7, 11) is 0. The van der Waals surface area contributed by atoms with Crippen LogP contribution in [0.15, 0.2) is 30.3 Å². The molecule has 1 aliphatic carbocycles. The minimum absolute atomic E-state index is 0.177. The Hall–Kier alpha value is -1.39. The molecule has 1 saturated carbocycles. The third kappa shape index (κ3) is 2.23. The maximum atomic E-state index is 6.29. The van der Waals surface area contributed by atoms with Gasteiger partial charge in [-0.15, -0.1) is 11.3 Å². The smallest absolute Gasteiger partial charge is 0.110 e. The average molecular weight is 285 g/mol. The number of benzene rings is 1. The van der Waals surface area contributed by atoms with Crippen LogP contribution in [-0.2, 0) is 13.0 Å². The van der Waals surface area contributed by atoms with Crippen LogP contribution >= 0.6 is 11.3 Å². The Morgan fingerprint density at radius 3 is 2.80 bits per heavy atom. The van der Waals surface area contributed by atoms with Crippen molar-refractivity contribution in [3.63, 3.8) is 0 Å². The number of hydrogen-bond donors (Lipinski definition) is 1. The van der Waals surface area contributed by atoms with Crippen LogP contribution in [0.5, 0.6) is 0 Å². The summed E-state index contributed by atoms with van der Waals surface area (Å²) in [5.74, 6) is 0.688. The molecule has 4 rings (SSSR count). The van der Waals surface area contributed by atoms with Gasteiger partial charge in [0.2, 0.25) is 0 Å². The highest BCUT2D eigenvalue weighted by Gasteiger charge is 2.32. The van der Waals surface area contributed by atoms with Gasteiger partial charge < -0.3 is 10.6 Å². The van der Waals surface area contributed by atoms with Crippen LogP contribution in [0.1, 0.15) is 34.5 Å². The molecule has 2 heterocycles. The highest BCUT2D eigenvalue weighted by Crippen LogP contribution is 2.41. The molecule has 1 aromatic heterocycles. The lowest BCUT2D eigenvalue weighted by molar-refractivity contribution is 0.624. The van der Waals surface area contributed by atoms with Crippen LogP contribution in [0, 0.1) is 5.92 Å². The minimum Gasteiger partial charge on any atom is -0.366 e. The van der Waals surface area contributed by atoms with Gasteiger partial charge in [-0.1, -0.05) is 18.2 Å². The third-order valence-corrected chi connectivity index (χ3v) is 5.47. The van der Waals surface area contributed by atoms with E-state index in [1.807, 2.05) is 11.3 Å². The summed E-state index contributed by atoms with van der Waals surface area (Å²) in [6, 6.07) is 10.8. The molecule has 104 valence electrons. The zero-order chi connectivity index (χ0) is 13.5. The Kier molecular flexibility index (Phi) is 3.00. The van der Waals surface area contributed by atoms with Gasteiger partial charge in [0.25, 0.3) is 0 Å². The molecule has 1 aromatic carbocycles. The van der Waals surface area contributed by atoms with Crippen molar-refractivity contribution < 1.29 is 0 Å². The summed E-state index contributed by atoms with van der Waals surface area (Å²) in [6.07, 6.45) is 3.60. The first-order chi connectivity index (χ1) is 9.81. The van der Waals surface area contributed by atoms with Gasteiger partial charge >= 0.3 is 0 Å². The van der Waals surface area contributed by atoms with Crippen molar-refractivity contribution in [2.45, 2.75) is 31.8 Å². The van der Waals surface area contributed by atoms with Crippen LogP contribution in [0.4, 0.5) is 5.69 Å². The number of fused-ring (bicyclic) bond motifs is 1. The predicted octanol–water partition coefficient (Wildman–Crippen LogP) is 3.12. The molecule has 2 N–H and O–H groups in total. The second-order valence-corrected chi connectivity index (χ2v) is 6.91. The molecule has 0 radical (unpaired) electrons. The van der Waals surface area contributed by atoms with Crippen LogP contribution in [0.25, 0.3) is 0 Å². The summed E-state index contributed by atoms with van der Waals surface area (Å²) in [5, 5.41) is 1.16. The first-order valence-corrected chi connectivity index (χ1v) is 8.17. The maximum Gasteiger partial charge on any atom is 0.110 e. The zero-order valence-electron chi connectivity index (χ0n) is 11.5. The van der Waals surface area contributed by atoms with Crippen molar-refractivity contribution in [2.24, 2.45) is 11.7 Å². The molecular weight excluding hydrogens is 266 g/mol. The van der Waals surface area contributed by atoms with Crippen molar-refractivity contribution in [1.29, 1.82) is 0 Å². The Labute approximate surface area is 123 Å². The molecule has 1 atom stereocenters. The van der Waals surface area contributed by atoms with E-state index < -0.39 is 0 Å². The molecular formula is C16H19N3S. The van der Waals surface area contributed by atoms with Crippen molar-refractivity contribution >= 4 is 17.0 Å². The molecule has 1 aliphatic heterocycles. The summed E-state index contributed by atoms with van der Waals surface area (Å²) in [5.41, 5.74) is 8.88. The molecule has 1 unspecified atom stereocenters. The molecule has 2 aliphatic rings. The normalized spacial score (nSPS) is 19.8. The van der Waals surface area contributed by atoms with E-state index in [9.17, 15) is 0 Å². The number of para-hydroxylation sites is 1. The number of nitrogens with two attached hydrogens (primary N) is 1. The molecule has 1 fully saturated rings.